The number of nitrogens with two attached hydrogens (primary N) is 1. The number of hydrogen-bond acceptors (Lipinski definition) is 7. The van der Waals surface area contributed by atoms with Gasteiger partial charge in [0.25, 0.3) is 0 Å². The molecule has 180 valence electrons. The van der Waals surface area contributed by atoms with Crippen molar-refractivity contribution in [2.24, 2.45) is 23.2 Å². The van der Waals surface area contributed by atoms with Crippen molar-refractivity contribution in [3.63, 3.8) is 0 Å². The molecule has 4 N–H and O–H groups in total. The van der Waals surface area contributed by atoms with Crippen molar-refractivity contribution in [3.8, 4) is 5.75 Å². The number of rotatable bonds is 9. The fourth-order valence-electron chi connectivity index (χ4n) is 5.87. The molecule has 1 aromatic heterocycles. The summed E-state index contributed by atoms with van der Waals surface area (Å²) in [6.07, 6.45) is 8.01. The number of alkyl halides is 2. The van der Waals surface area contributed by atoms with Gasteiger partial charge in [-0.15, -0.1) is 0 Å². The van der Waals surface area contributed by atoms with Gasteiger partial charge in [-0.05, 0) is 55.1 Å². The molecule has 7 nitrogen and oxygen atoms in total. The molecule has 2 heterocycles. The topological polar surface area (TPSA) is 96.5 Å². The van der Waals surface area contributed by atoms with Crippen LogP contribution < -0.4 is 15.8 Å². The molecule has 4 atom stereocenters. The van der Waals surface area contributed by atoms with Gasteiger partial charge >= 0.3 is 6.61 Å². The Morgan fingerprint density at radius 3 is 2.82 bits per heavy atom. The number of nitrogens with zero attached hydrogens (tertiary/aromatic N) is 2. The van der Waals surface area contributed by atoms with E-state index in [-0.39, 0.29) is 22.9 Å². The van der Waals surface area contributed by atoms with Crippen LogP contribution in [0.3, 0.4) is 0 Å². The van der Waals surface area contributed by atoms with E-state index in [0.717, 1.165) is 51.4 Å². The lowest BCUT2D eigenvalue weighted by Crippen LogP contribution is -2.43. The van der Waals surface area contributed by atoms with E-state index in [4.69, 9.17) is 15.9 Å². The molecule has 0 aromatic carbocycles. The van der Waals surface area contributed by atoms with E-state index >= 15 is 0 Å². The van der Waals surface area contributed by atoms with Gasteiger partial charge in [-0.2, -0.15) is 8.78 Å². The van der Waals surface area contributed by atoms with Gasteiger partial charge in [-0.25, -0.2) is 4.98 Å². The van der Waals surface area contributed by atoms with Gasteiger partial charge in [0.05, 0.1) is 13.2 Å². The number of pyridine rings is 1. The Kier molecular flexibility index (Phi) is 6.03. The number of halogens is 2. The fourth-order valence-corrected chi connectivity index (χ4v) is 5.87. The lowest BCUT2D eigenvalue weighted by molar-refractivity contribution is -0.0495. The maximum absolute atomic E-state index is 12.8. The van der Waals surface area contributed by atoms with E-state index in [9.17, 15) is 8.78 Å². The number of fused-ring (bicyclic) bond motifs is 1. The Bertz CT molecular complexity index is 931. The second-order valence-corrected chi connectivity index (χ2v) is 10.2. The minimum atomic E-state index is -2.97. The summed E-state index contributed by atoms with van der Waals surface area (Å²) in [6, 6.07) is 2.07. The van der Waals surface area contributed by atoms with E-state index in [1.165, 1.54) is 18.9 Å². The fraction of sp³-hybridized carbons (Fsp3) is 0.667. The molecule has 4 fully saturated rings. The highest BCUT2D eigenvalue weighted by atomic mass is 19.3. The predicted octanol–water partition coefficient (Wildman–Crippen LogP) is 3.37. The lowest BCUT2D eigenvalue weighted by atomic mass is 9.94. The number of anilines is 1. The van der Waals surface area contributed by atoms with Gasteiger partial charge in [0.1, 0.15) is 0 Å². The third-order valence-electron chi connectivity index (χ3n) is 7.94. The van der Waals surface area contributed by atoms with Crippen LogP contribution in [0.25, 0.3) is 5.70 Å². The van der Waals surface area contributed by atoms with E-state index in [1.807, 2.05) is 6.08 Å². The van der Waals surface area contributed by atoms with Crippen LogP contribution in [-0.4, -0.2) is 61.1 Å². The highest BCUT2D eigenvalue weighted by Gasteiger charge is 2.67. The van der Waals surface area contributed by atoms with E-state index < -0.39 is 6.61 Å². The Hall–Kier alpha value is -2.26. The lowest BCUT2D eigenvalue weighted by Gasteiger charge is -2.34. The third kappa shape index (κ3) is 4.71. The predicted molar refractivity (Wildman–Crippen MR) is 122 cm³/mol. The molecule has 0 spiro atoms. The van der Waals surface area contributed by atoms with Gasteiger partial charge in [-0.1, -0.05) is 6.92 Å². The summed E-state index contributed by atoms with van der Waals surface area (Å²) in [7, 11) is 0. The molecule has 3 saturated carbocycles. The quantitative estimate of drug-likeness (QED) is 0.488. The minimum absolute atomic E-state index is 0.0749. The second-order valence-electron chi connectivity index (χ2n) is 10.2. The zero-order valence-corrected chi connectivity index (χ0v) is 19.0. The van der Waals surface area contributed by atoms with Crippen LogP contribution >= 0.6 is 0 Å². The first kappa shape index (κ1) is 22.5. The Morgan fingerprint density at radius 1 is 1.42 bits per heavy atom. The SMILES string of the molecule is CC12CC(N3CCOCC3)C[C@H]1[C@@H]2C(=N)/C=C(\NCC1CC1)c1cnc(N)c(OC(F)F)c1. The van der Waals surface area contributed by atoms with Crippen molar-refractivity contribution in [2.75, 3.05) is 38.6 Å². The Labute approximate surface area is 193 Å². The second kappa shape index (κ2) is 8.83. The number of nitrogen functional groups attached to an aromatic ring is 1. The standard InChI is InChI=1S/C24H33F2N5O2/c1-24-11-16(31-4-6-32-7-5-31)9-17(24)21(24)18(27)10-19(29-12-14-2-3-14)15-8-20(33-23(25)26)22(28)30-13-15/h8,10,13-14,16-17,21,23,27,29H,2-7,9,11-12H2,1H3,(H2,28,30)/b19-10-,27-18?/t16?,17-,21+,24?/m0/s1. The summed E-state index contributed by atoms with van der Waals surface area (Å²) >= 11 is 0. The van der Waals surface area contributed by atoms with Gasteiger partial charge in [0.15, 0.2) is 11.6 Å². The summed E-state index contributed by atoms with van der Waals surface area (Å²) in [5.74, 6) is 1.14. The van der Waals surface area contributed by atoms with Gasteiger partial charge in [-0.3, -0.25) is 4.90 Å². The van der Waals surface area contributed by atoms with E-state index in [2.05, 4.69) is 26.9 Å². The van der Waals surface area contributed by atoms with Crippen LogP contribution in [0.15, 0.2) is 18.3 Å². The molecule has 4 aliphatic rings. The monoisotopic (exact) mass is 461 g/mol. The van der Waals surface area contributed by atoms with Crippen LogP contribution in [0.5, 0.6) is 5.75 Å². The van der Waals surface area contributed by atoms with Crippen LogP contribution in [0.2, 0.25) is 0 Å². The van der Waals surface area contributed by atoms with Gasteiger partial charge in [0, 0.05) is 54.8 Å². The Morgan fingerprint density at radius 2 is 2.18 bits per heavy atom. The normalized spacial score (nSPS) is 32.0. The number of morpholine rings is 1. The smallest absolute Gasteiger partial charge is 0.387 e. The maximum atomic E-state index is 12.8. The highest BCUT2D eigenvalue weighted by molar-refractivity contribution is 6.02. The summed E-state index contributed by atoms with van der Waals surface area (Å²) in [4.78, 5) is 6.59. The largest absolute Gasteiger partial charge is 0.431 e. The zero-order chi connectivity index (χ0) is 23.2. The van der Waals surface area contributed by atoms with Crippen LogP contribution in [-0.2, 0) is 4.74 Å². The van der Waals surface area contributed by atoms with Crippen molar-refractivity contribution in [3.05, 3.63) is 23.9 Å². The number of ether oxygens (including phenoxy) is 2. The molecular weight excluding hydrogens is 428 g/mol. The van der Waals surface area contributed by atoms with Crippen molar-refractivity contribution in [2.45, 2.75) is 45.3 Å². The molecule has 5 rings (SSSR count). The zero-order valence-electron chi connectivity index (χ0n) is 19.0. The summed E-state index contributed by atoms with van der Waals surface area (Å²) < 4.78 is 35.6. The summed E-state index contributed by atoms with van der Waals surface area (Å²) in [5, 5.41) is 12.3. The first-order valence-corrected chi connectivity index (χ1v) is 11.9. The van der Waals surface area contributed by atoms with Gasteiger partial charge in [0.2, 0.25) is 0 Å². The first-order chi connectivity index (χ1) is 15.8. The molecule has 1 aliphatic heterocycles. The average Bonchev–Trinajstić information content (AvgIpc) is 3.68. The van der Waals surface area contributed by atoms with E-state index in [0.29, 0.717) is 29.2 Å². The van der Waals surface area contributed by atoms with Crippen LogP contribution in [0.4, 0.5) is 14.6 Å². The van der Waals surface area contributed by atoms with E-state index in [1.54, 1.807) is 6.20 Å². The third-order valence-corrected chi connectivity index (χ3v) is 7.94. The van der Waals surface area contributed by atoms with Crippen LogP contribution in [0, 0.1) is 28.6 Å². The van der Waals surface area contributed by atoms with Crippen LogP contribution in [0.1, 0.15) is 38.2 Å². The van der Waals surface area contributed by atoms with Crippen molar-refractivity contribution >= 4 is 17.2 Å². The molecule has 2 unspecified atom stereocenters. The molecule has 1 saturated heterocycles. The van der Waals surface area contributed by atoms with Crippen molar-refractivity contribution in [1.29, 1.82) is 5.41 Å². The molecule has 0 amide bonds. The molecule has 9 heteroatoms. The summed E-state index contributed by atoms with van der Waals surface area (Å²) in [5.41, 5.74) is 7.79. The molecule has 33 heavy (non-hydrogen) atoms. The number of nitrogens with one attached hydrogen (secondary N) is 2. The molecule has 0 bridgehead atoms. The average molecular weight is 462 g/mol. The van der Waals surface area contributed by atoms with Crippen molar-refractivity contribution in [1.82, 2.24) is 15.2 Å². The van der Waals surface area contributed by atoms with Crippen molar-refractivity contribution < 1.29 is 18.3 Å². The molecular formula is C24H33F2N5O2. The maximum Gasteiger partial charge on any atom is 0.387 e. The number of allylic oxidation sites excluding steroid dienone is 1. The Balaban J connectivity index is 1.31. The molecule has 1 aromatic rings. The molecule has 0 radical (unpaired) electrons. The minimum Gasteiger partial charge on any atom is -0.431 e. The highest BCUT2D eigenvalue weighted by Crippen LogP contribution is 2.69. The molecule has 3 aliphatic carbocycles. The van der Waals surface area contributed by atoms with Gasteiger partial charge < -0.3 is 25.9 Å². The first-order valence-electron chi connectivity index (χ1n) is 11.9. The number of aromatic nitrogens is 1. The number of hydrogen-bond donors (Lipinski definition) is 3. The summed E-state index contributed by atoms with van der Waals surface area (Å²) in [6.45, 7) is 3.74.